The molecule has 2 heterocycles. The minimum absolute atomic E-state index is 0.853. The van der Waals surface area contributed by atoms with E-state index in [2.05, 4.69) is 31.4 Å². The highest BCUT2D eigenvalue weighted by atomic mass is 14.8. The van der Waals surface area contributed by atoms with Gasteiger partial charge in [-0.15, -0.1) is 0 Å². The Morgan fingerprint density at radius 1 is 0.917 bits per heavy atom. The fourth-order valence-electron chi connectivity index (χ4n) is 2.66. The molecule has 24 heavy (non-hydrogen) atoms. The molecule has 0 aliphatic heterocycles. The summed E-state index contributed by atoms with van der Waals surface area (Å²) in [5, 5.41) is 0. The molecule has 0 saturated carbocycles. The van der Waals surface area contributed by atoms with E-state index in [9.17, 15) is 0 Å². The number of pyridine rings is 2. The van der Waals surface area contributed by atoms with E-state index in [4.69, 9.17) is 9.97 Å². The van der Waals surface area contributed by atoms with Crippen molar-refractivity contribution in [1.29, 1.82) is 0 Å². The van der Waals surface area contributed by atoms with E-state index in [1.807, 2.05) is 42.5 Å². The van der Waals surface area contributed by atoms with Crippen LogP contribution in [0.3, 0.4) is 0 Å². The van der Waals surface area contributed by atoms with Gasteiger partial charge in [0.1, 0.15) is 0 Å². The Hall–Kier alpha value is -3.00. The van der Waals surface area contributed by atoms with Gasteiger partial charge >= 0.3 is 0 Å². The van der Waals surface area contributed by atoms with E-state index in [1.54, 1.807) is 12.2 Å². The minimum atomic E-state index is 0.853. The summed E-state index contributed by atoms with van der Waals surface area (Å²) < 4.78 is 0. The molecular formula is C22H20N2. The molecular weight excluding hydrogens is 292 g/mol. The zero-order valence-corrected chi connectivity index (χ0v) is 13.7. The van der Waals surface area contributed by atoms with Crippen LogP contribution in [0.4, 0.5) is 0 Å². The van der Waals surface area contributed by atoms with Gasteiger partial charge in [0.05, 0.1) is 22.8 Å². The number of allylic oxidation sites excluding steroid dienone is 8. The minimum Gasteiger partial charge on any atom is -0.246 e. The first kappa shape index (κ1) is 15.9. The van der Waals surface area contributed by atoms with E-state index < -0.39 is 0 Å². The van der Waals surface area contributed by atoms with Crippen LogP contribution in [0, 0.1) is 0 Å². The van der Waals surface area contributed by atoms with E-state index >= 15 is 0 Å². The Morgan fingerprint density at radius 2 is 1.67 bits per heavy atom. The first-order valence-corrected chi connectivity index (χ1v) is 8.09. The Kier molecular flexibility index (Phi) is 4.97. The van der Waals surface area contributed by atoms with Crippen molar-refractivity contribution in [2.24, 2.45) is 0 Å². The average Bonchev–Trinajstić information content (AvgIpc) is 2.67. The highest BCUT2D eigenvalue weighted by Crippen LogP contribution is 2.24. The predicted molar refractivity (Wildman–Crippen MR) is 102 cm³/mol. The molecule has 2 aromatic rings. The lowest BCUT2D eigenvalue weighted by atomic mass is 10.0. The molecule has 2 nitrogen and oxygen atoms in total. The van der Waals surface area contributed by atoms with Gasteiger partial charge in [0.15, 0.2) is 0 Å². The van der Waals surface area contributed by atoms with Crippen LogP contribution in [0.2, 0.25) is 0 Å². The molecule has 0 bridgehead atoms. The van der Waals surface area contributed by atoms with Crippen molar-refractivity contribution in [3.63, 3.8) is 0 Å². The molecule has 0 spiro atoms. The van der Waals surface area contributed by atoms with Gasteiger partial charge in [0, 0.05) is 0 Å². The molecule has 0 radical (unpaired) electrons. The van der Waals surface area contributed by atoms with Crippen LogP contribution < -0.4 is 0 Å². The van der Waals surface area contributed by atoms with Crippen molar-refractivity contribution >= 4 is 11.1 Å². The maximum atomic E-state index is 4.79. The summed E-state index contributed by atoms with van der Waals surface area (Å²) in [5.41, 5.74) is 5.70. The summed E-state index contributed by atoms with van der Waals surface area (Å²) in [4.78, 5) is 9.52. The lowest BCUT2D eigenvalue weighted by Gasteiger charge is -2.09. The quantitative estimate of drug-likeness (QED) is 0.668. The van der Waals surface area contributed by atoms with Crippen LogP contribution in [0.1, 0.15) is 24.2 Å². The van der Waals surface area contributed by atoms with Gasteiger partial charge in [-0.25, -0.2) is 9.97 Å². The lowest BCUT2D eigenvalue weighted by Crippen LogP contribution is -1.95. The van der Waals surface area contributed by atoms with Gasteiger partial charge in [-0.3, -0.25) is 0 Å². The third kappa shape index (κ3) is 3.49. The number of rotatable bonds is 5. The molecule has 0 N–H and O–H groups in total. The zero-order valence-electron chi connectivity index (χ0n) is 13.7. The van der Waals surface area contributed by atoms with Gasteiger partial charge in [-0.05, 0) is 48.3 Å². The molecule has 1 aliphatic rings. The molecule has 118 valence electrons. The Bertz CT molecular complexity index is 854. The van der Waals surface area contributed by atoms with Crippen molar-refractivity contribution in [2.75, 3.05) is 0 Å². The molecule has 0 saturated heterocycles. The van der Waals surface area contributed by atoms with E-state index in [0.29, 0.717) is 0 Å². The second-order valence-corrected chi connectivity index (χ2v) is 5.52. The van der Waals surface area contributed by atoms with Crippen LogP contribution in [0.5, 0.6) is 0 Å². The maximum Gasteiger partial charge on any atom is 0.0893 e. The molecule has 3 rings (SSSR count). The van der Waals surface area contributed by atoms with Crippen molar-refractivity contribution in [2.45, 2.75) is 12.8 Å². The van der Waals surface area contributed by atoms with E-state index in [-0.39, 0.29) is 0 Å². The number of nitrogens with zero attached hydrogens (tertiary/aromatic N) is 2. The topological polar surface area (TPSA) is 25.8 Å². The maximum absolute atomic E-state index is 4.79. The predicted octanol–water partition coefficient (Wildman–Crippen LogP) is 5.63. The Morgan fingerprint density at radius 3 is 2.38 bits per heavy atom. The van der Waals surface area contributed by atoms with Crippen LogP contribution >= 0.6 is 0 Å². The first-order chi connectivity index (χ1) is 11.8. The summed E-state index contributed by atoms with van der Waals surface area (Å²) in [5.74, 6) is 0. The first-order valence-electron chi connectivity index (χ1n) is 8.09. The zero-order chi connectivity index (χ0) is 16.8. The van der Waals surface area contributed by atoms with Gasteiger partial charge in [0.2, 0.25) is 0 Å². The molecule has 0 atom stereocenters. The SMILES string of the molecule is C=C/C=C(\C=C)c1cccc(-c2cccc(C3=CCCC=C3)n2)n1. The summed E-state index contributed by atoms with van der Waals surface area (Å²) in [6.07, 6.45) is 14.2. The average molecular weight is 312 g/mol. The summed E-state index contributed by atoms with van der Waals surface area (Å²) in [7, 11) is 0. The number of hydrogen-bond acceptors (Lipinski definition) is 2. The summed E-state index contributed by atoms with van der Waals surface area (Å²) in [6.45, 7) is 7.59. The van der Waals surface area contributed by atoms with Crippen molar-refractivity contribution in [1.82, 2.24) is 9.97 Å². The smallest absolute Gasteiger partial charge is 0.0893 e. The summed E-state index contributed by atoms with van der Waals surface area (Å²) in [6, 6.07) is 12.0. The molecule has 2 heteroatoms. The molecule has 0 aromatic carbocycles. The van der Waals surface area contributed by atoms with Gasteiger partial charge in [-0.1, -0.05) is 61.7 Å². The molecule has 0 unspecified atom stereocenters. The van der Waals surface area contributed by atoms with Crippen LogP contribution in [-0.4, -0.2) is 9.97 Å². The normalized spacial score (nSPS) is 14.2. The summed E-state index contributed by atoms with van der Waals surface area (Å²) >= 11 is 0. The number of hydrogen-bond donors (Lipinski definition) is 0. The second kappa shape index (κ2) is 7.51. The third-order valence-electron chi connectivity index (χ3n) is 3.86. The largest absolute Gasteiger partial charge is 0.246 e. The van der Waals surface area contributed by atoms with Crippen molar-refractivity contribution < 1.29 is 0 Å². The van der Waals surface area contributed by atoms with Gasteiger partial charge in [0.25, 0.3) is 0 Å². The molecule has 0 amide bonds. The highest BCUT2D eigenvalue weighted by Gasteiger charge is 2.08. The lowest BCUT2D eigenvalue weighted by molar-refractivity contribution is 1.04. The molecule has 1 aliphatic carbocycles. The fraction of sp³-hybridized carbons (Fsp3) is 0.0909. The van der Waals surface area contributed by atoms with E-state index in [1.165, 1.54) is 5.57 Å². The fourth-order valence-corrected chi connectivity index (χ4v) is 2.66. The van der Waals surface area contributed by atoms with Gasteiger partial charge < -0.3 is 0 Å². The van der Waals surface area contributed by atoms with Crippen LogP contribution in [0.15, 0.2) is 86.0 Å². The van der Waals surface area contributed by atoms with Crippen LogP contribution in [-0.2, 0) is 0 Å². The van der Waals surface area contributed by atoms with Gasteiger partial charge in [-0.2, -0.15) is 0 Å². The number of aromatic nitrogens is 2. The Labute approximate surface area is 143 Å². The highest BCUT2D eigenvalue weighted by molar-refractivity contribution is 5.75. The molecule has 2 aromatic heterocycles. The van der Waals surface area contributed by atoms with Crippen LogP contribution in [0.25, 0.3) is 22.5 Å². The second-order valence-electron chi connectivity index (χ2n) is 5.52. The van der Waals surface area contributed by atoms with Crippen molar-refractivity contribution in [3.8, 4) is 11.4 Å². The molecule has 0 fully saturated rings. The third-order valence-corrected chi connectivity index (χ3v) is 3.86. The standard InChI is InChI=1S/C22H20N2/c1-3-10-17(4-2)19-13-8-15-21(23-19)22-16-9-14-20(24-22)18-11-6-5-7-12-18/h3-4,6,8-16H,1-2,5,7H2/b17-10+. The monoisotopic (exact) mass is 312 g/mol. The Balaban J connectivity index is 1.99. The van der Waals surface area contributed by atoms with Crippen molar-refractivity contribution in [3.05, 3.63) is 97.4 Å². The van der Waals surface area contributed by atoms with E-state index in [0.717, 1.165) is 41.2 Å².